The van der Waals surface area contributed by atoms with Crippen molar-refractivity contribution in [3.05, 3.63) is 53.9 Å². The summed E-state index contributed by atoms with van der Waals surface area (Å²) in [5.74, 6) is 0. The second-order valence-electron chi connectivity index (χ2n) is 4.52. The Hall–Kier alpha value is -1.87. The van der Waals surface area contributed by atoms with Crippen molar-refractivity contribution in [1.82, 2.24) is 9.78 Å². The molecule has 0 unspecified atom stereocenters. The van der Waals surface area contributed by atoms with Crippen molar-refractivity contribution in [2.45, 2.75) is 19.3 Å². The smallest absolute Gasteiger partial charge is 0.0649 e. The second-order valence-corrected chi connectivity index (χ2v) is 4.52. The number of benzene rings is 1. The van der Waals surface area contributed by atoms with Crippen LogP contribution >= 0.6 is 0 Å². The molecule has 3 rings (SSSR count). The monoisotopic (exact) mass is 240 g/mol. The van der Waals surface area contributed by atoms with Crippen LogP contribution in [-0.4, -0.2) is 21.5 Å². The van der Waals surface area contributed by atoms with Gasteiger partial charge >= 0.3 is 0 Å². The van der Waals surface area contributed by atoms with E-state index in [1.54, 1.807) is 0 Å². The molecule has 1 N–H and O–H groups in total. The zero-order valence-electron chi connectivity index (χ0n) is 10.2. The average molecular weight is 240 g/mol. The molecule has 3 heteroatoms. The number of fused-ring (bicyclic) bond motifs is 1. The highest BCUT2D eigenvalue weighted by atomic mass is 16.2. The lowest BCUT2D eigenvalue weighted by molar-refractivity contribution is 0.343. The fraction of sp³-hybridized carbons (Fsp3) is 0.267. The van der Waals surface area contributed by atoms with E-state index < -0.39 is 0 Å². The number of para-hydroxylation sites is 1. The molecular weight excluding hydrogens is 224 g/mol. The summed E-state index contributed by atoms with van der Waals surface area (Å²) < 4.78 is 2.01. The Morgan fingerprint density at radius 3 is 2.83 bits per heavy atom. The van der Waals surface area contributed by atoms with Crippen LogP contribution in [0.5, 0.6) is 0 Å². The summed E-state index contributed by atoms with van der Waals surface area (Å²) in [4.78, 5) is 0. The maximum absolute atomic E-state index is 9.06. The molecule has 0 atom stereocenters. The van der Waals surface area contributed by atoms with Crippen molar-refractivity contribution in [1.29, 1.82) is 0 Å². The summed E-state index contributed by atoms with van der Waals surface area (Å²) in [6.45, 7) is 0.102. The van der Waals surface area contributed by atoms with Gasteiger partial charge in [-0.05, 0) is 37.0 Å². The highest BCUT2D eigenvalue weighted by Crippen LogP contribution is 2.31. The van der Waals surface area contributed by atoms with Gasteiger partial charge < -0.3 is 5.11 Å². The van der Waals surface area contributed by atoms with Gasteiger partial charge in [0.15, 0.2) is 0 Å². The Balaban J connectivity index is 2.08. The first-order valence-corrected chi connectivity index (χ1v) is 6.33. The van der Waals surface area contributed by atoms with Crippen LogP contribution in [0, 0.1) is 0 Å². The van der Waals surface area contributed by atoms with Crippen molar-refractivity contribution in [3.8, 4) is 5.69 Å². The third kappa shape index (κ3) is 1.87. The molecule has 1 aromatic carbocycles. The van der Waals surface area contributed by atoms with Gasteiger partial charge in [0.05, 0.1) is 24.2 Å². The van der Waals surface area contributed by atoms with E-state index in [1.807, 2.05) is 35.2 Å². The molecule has 1 aliphatic rings. The molecule has 92 valence electrons. The van der Waals surface area contributed by atoms with Gasteiger partial charge in [0.25, 0.3) is 0 Å². The molecule has 1 heterocycles. The molecule has 0 saturated carbocycles. The molecule has 0 radical (unpaired) electrons. The second kappa shape index (κ2) is 4.78. The van der Waals surface area contributed by atoms with E-state index in [0.717, 1.165) is 24.9 Å². The molecule has 0 amide bonds. The van der Waals surface area contributed by atoms with Gasteiger partial charge in [-0.3, -0.25) is 0 Å². The van der Waals surface area contributed by atoms with E-state index in [9.17, 15) is 0 Å². The van der Waals surface area contributed by atoms with E-state index in [-0.39, 0.29) is 6.61 Å². The summed E-state index contributed by atoms with van der Waals surface area (Å²) in [5.41, 5.74) is 4.77. The van der Waals surface area contributed by atoms with Crippen molar-refractivity contribution in [2.75, 3.05) is 6.61 Å². The molecule has 2 aromatic rings. The Morgan fingerprint density at radius 1 is 1.22 bits per heavy atom. The van der Waals surface area contributed by atoms with Crippen LogP contribution in [-0.2, 0) is 6.42 Å². The topological polar surface area (TPSA) is 38.1 Å². The Labute approximate surface area is 106 Å². The minimum absolute atomic E-state index is 0.102. The number of aliphatic hydroxyl groups excluding tert-OH is 1. The molecule has 0 fully saturated rings. The zero-order valence-corrected chi connectivity index (χ0v) is 10.2. The van der Waals surface area contributed by atoms with Gasteiger partial charge in [-0.2, -0.15) is 5.10 Å². The van der Waals surface area contributed by atoms with Crippen LogP contribution in [0.15, 0.2) is 42.6 Å². The maximum Gasteiger partial charge on any atom is 0.0649 e. The van der Waals surface area contributed by atoms with Crippen LogP contribution in [0.4, 0.5) is 0 Å². The number of hydrogen-bond acceptors (Lipinski definition) is 2. The van der Waals surface area contributed by atoms with E-state index >= 15 is 0 Å². The predicted molar refractivity (Wildman–Crippen MR) is 71.6 cm³/mol. The van der Waals surface area contributed by atoms with Gasteiger partial charge in [-0.15, -0.1) is 0 Å². The lowest BCUT2D eigenvalue weighted by Crippen LogP contribution is -2.07. The molecule has 1 aromatic heterocycles. The first-order valence-electron chi connectivity index (χ1n) is 6.33. The highest BCUT2D eigenvalue weighted by Gasteiger charge is 2.19. The van der Waals surface area contributed by atoms with Gasteiger partial charge in [-0.25, -0.2) is 4.68 Å². The number of allylic oxidation sites excluding steroid dienone is 1. The first-order chi connectivity index (χ1) is 8.90. The SMILES string of the molecule is OCC=C1CCCc2c1cnn2-c1ccccc1. The third-order valence-electron chi connectivity index (χ3n) is 3.41. The summed E-state index contributed by atoms with van der Waals surface area (Å²) in [5, 5.41) is 13.6. The van der Waals surface area contributed by atoms with Crippen LogP contribution in [0.2, 0.25) is 0 Å². The van der Waals surface area contributed by atoms with Crippen LogP contribution in [0.3, 0.4) is 0 Å². The van der Waals surface area contributed by atoms with E-state index in [4.69, 9.17) is 5.11 Å². The fourth-order valence-electron chi connectivity index (χ4n) is 2.58. The van der Waals surface area contributed by atoms with Crippen molar-refractivity contribution < 1.29 is 5.11 Å². The lowest BCUT2D eigenvalue weighted by Gasteiger charge is -2.16. The minimum Gasteiger partial charge on any atom is -0.392 e. The third-order valence-corrected chi connectivity index (χ3v) is 3.41. The number of nitrogens with zero attached hydrogens (tertiary/aromatic N) is 2. The fourth-order valence-corrected chi connectivity index (χ4v) is 2.58. The number of aliphatic hydroxyl groups is 1. The van der Waals surface area contributed by atoms with E-state index in [2.05, 4.69) is 17.2 Å². The number of rotatable bonds is 2. The first kappa shape index (κ1) is 11.2. The Morgan fingerprint density at radius 2 is 2.06 bits per heavy atom. The van der Waals surface area contributed by atoms with Crippen LogP contribution in [0.25, 0.3) is 11.3 Å². The van der Waals surface area contributed by atoms with Gasteiger partial charge in [0.1, 0.15) is 0 Å². The number of aromatic nitrogens is 2. The highest BCUT2D eigenvalue weighted by molar-refractivity contribution is 5.69. The lowest BCUT2D eigenvalue weighted by atomic mass is 9.92. The Kier molecular flexibility index (Phi) is 2.99. The summed E-state index contributed by atoms with van der Waals surface area (Å²) in [6, 6.07) is 10.2. The quantitative estimate of drug-likeness (QED) is 0.876. The van der Waals surface area contributed by atoms with Gasteiger partial charge in [0.2, 0.25) is 0 Å². The molecule has 1 aliphatic carbocycles. The maximum atomic E-state index is 9.06. The van der Waals surface area contributed by atoms with E-state index in [1.165, 1.54) is 16.8 Å². The molecule has 0 saturated heterocycles. The van der Waals surface area contributed by atoms with Gasteiger partial charge in [-0.1, -0.05) is 24.3 Å². The standard InChI is InChI=1S/C15H16N2O/c18-10-9-12-5-4-8-15-14(12)11-16-17(15)13-6-2-1-3-7-13/h1-3,6-7,9,11,18H,4-5,8,10H2. The Bertz CT molecular complexity index is 569. The zero-order chi connectivity index (χ0) is 12.4. The van der Waals surface area contributed by atoms with Gasteiger partial charge in [0, 0.05) is 5.56 Å². The molecule has 0 aliphatic heterocycles. The van der Waals surface area contributed by atoms with Crippen molar-refractivity contribution in [2.24, 2.45) is 0 Å². The van der Waals surface area contributed by atoms with Crippen molar-refractivity contribution in [3.63, 3.8) is 0 Å². The van der Waals surface area contributed by atoms with Crippen molar-refractivity contribution >= 4 is 5.57 Å². The molecule has 18 heavy (non-hydrogen) atoms. The largest absolute Gasteiger partial charge is 0.392 e. The summed E-state index contributed by atoms with van der Waals surface area (Å²) in [7, 11) is 0. The molecule has 0 spiro atoms. The molecule has 0 bridgehead atoms. The minimum atomic E-state index is 0.102. The number of hydrogen-bond donors (Lipinski definition) is 1. The summed E-state index contributed by atoms with van der Waals surface area (Å²) in [6.07, 6.45) is 7.02. The van der Waals surface area contributed by atoms with Crippen LogP contribution < -0.4 is 0 Å². The molecule has 3 nitrogen and oxygen atoms in total. The summed E-state index contributed by atoms with van der Waals surface area (Å²) >= 11 is 0. The van der Waals surface area contributed by atoms with E-state index in [0.29, 0.717) is 0 Å². The average Bonchev–Trinajstić information content (AvgIpc) is 2.85. The molecular formula is C15H16N2O. The van der Waals surface area contributed by atoms with Crippen LogP contribution in [0.1, 0.15) is 24.1 Å². The predicted octanol–water partition coefficient (Wildman–Crippen LogP) is 2.58. The normalized spacial score (nSPS) is 16.8.